The van der Waals surface area contributed by atoms with Gasteiger partial charge in [0.2, 0.25) is 11.9 Å². The Labute approximate surface area is 136 Å². The SMILES string of the molecule is CN1C(=O)CN(C)C2N=C(Nc3ccc(S(N)=O)cc3)NC=C21. The van der Waals surface area contributed by atoms with Crippen LogP contribution in [0.4, 0.5) is 5.69 Å². The first-order valence-electron chi connectivity index (χ1n) is 7.00. The van der Waals surface area contributed by atoms with Crippen molar-refractivity contribution in [2.45, 2.75) is 11.1 Å². The molecule has 3 rings (SSSR count). The van der Waals surface area contributed by atoms with Crippen LogP contribution in [0.25, 0.3) is 0 Å². The number of hydrogen-bond donors (Lipinski definition) is 3. The Bertz CT molecular complexity index is 714. The predicted molar refractivity (Wildman–Crippen MR) is 88.5 cm³/mol. The van der Waals surface area contributed by atoms with Gasteiger partial charge in [0, 0.05) is 18.9 Å². The molecule has 2 aliphatic heterocycles. The molecule has 8 nitrogen and oxygen atoms in total. The van der Waals surface area contributed by atoms with Crippen LogP contribution >= 0.6 is 0 Å². The van der Waals surface area contributed by atoms with E-state index >= 15 is 0 Å². The van der Waals surface area contributed by atoms with Crippen molar-refractivity contribution in [3.8, 4) is 0 Å². The van der Waals surface area contributed by atoms with Crippen LogP contribution in [0.2, 0.25) is 0 Å². The summed E-state index contributed by atoms with van der Waals surface area (Å²) >= 11 is 0. The zero-order valence-corrected chi connectivity index (χ0v) is 13.6. The van der Waals surface area contributed by atoms with E-state index in [9.17, 15) is 9.00 Å². The fourth-order valence-corrected chi connectivity index (χ4v) is 2.87. The Morgan fingerprint density at radius 2 is 2.04 bits per heavy atom. The normalized spacial score (nSPS) is 22.7. The molecule has 4 N–H and O–H groups in total. The van der Waals surface area contributed by atoms with Crippen LogP contribution in [0, 0.1) is 0 Å². The number of benzene rings is 1. The maximum Gasteiger partial charge on any atom is 0.240 e. The van der Waals surface area contributed by atoms with Gasteiger partial charge in [-0.2, -0.15) is 0 Å². The summed E-state index contributed by atoms with van der Waals surface area (Å²) in [4.78, 5) is 20.5. The van der Waals surface area contributed by atoms with Crippen LogP contribution in [-0.4, -0.2) is 52.7 Å². The Balaban J connectivity index is 1.75. The first-order chi connectivity index (χ1) is 11.0. The molecule has 1 fully saturated rings. The first kappa shape index (κ1) is 15.7. The van der Waals surface area contributed by atoms with Crippen molar-refractivity contribution in [3.05, 3.63) is 36.2 Å². The maximum absolute atomic E-state index is 11.8. The third-order valence-corrected chi connectivity index (χ3v) is 4.52. The average molecular weight is 334 g/mol. The van der Waals surface area contributed by atoms with Crippen molar-refractivity contribution >= 4 is 28.5 Å². The van der Waals surface area contributed by atoms with Gasteiger partial charge in [0.15, 0.2) is 0 Å². The van der Waals surface area contributed by atoms with E-state index in [2.05, 4.69) is 15.6 Å². The molecule has 1 aromatic rings. The highest BCUT2D eigenvalue weighted by Gasteiger charge is 2.34. The molecule has 0 saturated carbocycles. The highest BCUT2D eigenvalue weighted by molar-refractivity contribution is 7.82. The lowest BCUT2D eigenvalue weighted by Gasteiger charge is -2.39. The van der Waals surface area contributed by atoms with Crippen molar-refractivity contribution in [1.29, 1.82) is 0 Å². The number of nitrogens with zero attached hydrogens (tertiary/aromatic N) is 3. The largest absolute Gasteiger partial charge is 0.331 e. The van der Waals surface area contributed by atoms with E-state index in [1.54, 1.807) is 42.4 Å². The summed E-state index contributed by atoms with van der Waals surface area (Å²) in [6.45, 7) is 0.326. The average Bonchev–Trinajstić information content (AvgIpc) is 2.53. The lowest BCUT2D eigenvalue weighted by Crippen LogP contribution is -2.53. The summed E-state index contributed by atoms with van der Waals surface area (Å²) in [5.41, 5.74) is 1.60. The number of nitrogens with one attached hydrogen (secondary N) is 2. The van der Waals surface area contributed by atoms with E-state index in [1.807, 2.05) is 11.9 Å². The minimum absolute atomic E-state index is 0.0359. The fraction of sp³-hybridized carbons (Fsp3) is 0.286. The molecular formula is C14H18N6O2S. The molecule has 9 heteroatoms. The zero-order chi connectivity index (χ0) is 16.6. The van der Waals surface area contributed by atoms with Gasteiger partial charge in [0.1, 0.15) is 17.2 Å². The Kier molecular flexibility index (Phi) is 4.16. The number of carbonyl (C=O) groups excluding carboxylic acids is 1. The van der Waals surface area contributed by atoms with Crippen LogP contribution < -0.4 is 15.8 Å². The van der Waals surface area contributed by atoms with Crippen LogP contribution in [0.3, 0.4) is 0 Å². The van der Waals surface area contributed by atoms with Gasteiger partial charge in [0.05, 0.1) is 17.1 Å². The molecule has 0 radical (unpaired) electrons. The minimum atomic E-state index is -1.49. The molecule has 1 saturated heterocycles. The van der Waals surface area contributed by atoms with Crippen LogP contribution in [-0.2, 0) is 15.8 Å². The quantitative estimate of drug-likeness (QED) is 0.683. The number of hydrogen-bond acceptors (Lipinski definition) is 6. The van der Waals surface area contributed by atoms with Crippen LogP contribution in [0.15, 0.2) is 46.1 Å². The van der Waals surface area contributed by atoms with Crippen molar-refractivity contribution in [3.63, 3.8) is 0 Å². The van der Waals surface area contributed by atoms with E-state index in [0.29, 0.717) is 17.4 Å². The Morgan fingerprint density at radius 1 is 1.35 bits per heavy atom. The third kappa shape index (κ3) is 3.11. The molecule has 0 bridgehead atoms. The van der Waals surface area contributed by atoms with Gasteiger partial charge in [-0.25, -0.2) is 14.3 Å². The second-order valence-corrected chi connectivity index (χ2v) is 6.45. The summed E-state index contributed by atoms with van der Waals surface area (Å²) in [5.74, 6) is 0.615. The zero-order valence-electron chi connectivity index (χ0n) is 12.8. The smallest absolute Gasteiger partial charge is 0.240 e. The van der Waals surface area contributed by atoms with E-state index in [0.717, 1.165) is 11.4 Å². The van der Waals surface area contributed by atoms with Gasteiger partial charge in [-0.15, -0.1) is 0 Å². The van der Waals surface area contributed by atoms with Crippen molar-refractivity contribution in [1.82, 2.24) is 15.1 Å². The molecule has 23 heavy (non-hydrogen) atoms. The van der Waals surface area contributed by atoms with Gasteiger partial charge >= 0.3 is 0 Å². The van der Waals surface area contributed by atoms with Crippen molar-refractivity contribution in [2.75, 3.05) is 26.0 Å². The second-order valence-electron chi connectivity index (χ2n) is 5.38. The number of fused-ring (bicyclic) bond motifs is 1. The Hall–Kier alpha value is -2.23. The number of nitrogens with two attached hydrogens (primary N) is 1. The standard InChI is InChI=1S/C14H18N6O2S/c1-19-8-12(21)20(2)11-7-16-14(18-13(11)19)17-9-3-5-10(6-4-9)23(15)22/h3-7,13H,8,15H2,1-2H3,(H2,16,17,18). The van der Waals surface area contributed by atoms with Gasteiger partial charge in [-0.3, -0.25) is 9.69 Å². The molecule has 0 aliphatic carbocycles. The van der Waals surface area contributed by atoms with Gasteiger partial charge in [-0.1, -0.05) is 0 Å². The topological polar surface area (TPSA) is 103 Å². The molecule has 2 heterocycles. The van der Waals surface area contributed by atoms with E-state index < -0.39 is 11.0 Å². The van der Waals surface area contributed by atoms with Crippen molar-refractivity contribution < 1.29 is 9.00 Å². The number of aliphatic imine (C=N–C) groups is 1. The van der Waals surface area contributed by atoms with Crippen molar-refractivity contribution in [2.24, 2.45) is 10.1 Å². The summed E-state index contributed by atoms with van der Waals surface area (Å²) in [5, 5.41) is 11.5. The number of piperazine rings is 1. The molecule has 2 aliphatic rings. The van der Waals surface area contributed by atoms with Gasteiger partial charge in [0.25, 0.3) is 0 Å². The number of rotatable bonds is 2. The van der Waals surface area contributed by atoms with Crippen LogP contribution in [0.1, 0.15) is 0 Å². The maximum atomic E-state index is 11.8. The molecule has 1 aromatic carbocycles. The second kappa shape index (κ2) is 6.11. The number of anilines is 1. The highest BCUT2D eigenvalue weighted by Crippen LogP contribution is 2.22. The van der Waals surface area contributed by atoms with E-state index in [1.165, 1.54) is 0 Å². The predicted octanol–water partition coefficient (Wildman–Crippen LogP) is -0.390. The van der Waals surface area contributed by atoms with Gasteiger partial charge < -0.3 is 15.5 Å². The number of amides is 1. The van der Waals surface area contributed by atoms with Gasteiger partial charge in [-0.05, 0) is 31.3 Å². The van der Waals surface area contributed by atoms with Crippen LogP contribution in [0.5, 0.6) is 0 Å². The molecular weight excluding hydrogens is 316 g/mol. The lowest BCUT2D eigenvalue weighted by molar-refractivity contribution is -0.132. The molecule has 0 spiro atoms. The van der Waals surface area contributed by atoms with E-state index in [4.69, 9.17) is 5.14 Å². The summed E-state index contributed by atoms with van der Waals surface area (Å²) < 4.78 is 11.2. The minimum Gasteiger partial charge on any atom is -0.331 e. The Morgan fingerprint density at radius 3 is 2.70 bits per heavy atom. The molecule has 2 unspecified atom stereocenters. The molecule has 122 valence electrons. The number of guanidine groups is 1. The fourth-order valence-electron chi connectivity index (χ4n) is 2.46. The number of carbonyl (C=O) groups is 1. The summed E-state index contributed by atoms with van der Waals surface area (Å²) in [6, 6.07) is 6.96. The van der Waals surface area contributed by atoms with E-state index in [-0.39, 0.29) is 12.1 Å². The molecule has 2 atom stereocenters. The third-order valence-electron chi connectivity index (χ3n) is 3.79. The number of likely N-dealkylation sites (N-methyl/N-ethyl adjacent to an activating group) is 2. The lowest BCUT2D eigenvalue weighted by atomic mass is 10.2. The summed E-state index contributed by atoms with van der Waals surface area (Å²) in [6.07, 6.45) is 1.56. The first-order valence-corrected chi connectivity index (χ1v) is 8.21. The molecule has 1 amide bonds. The highest BCUT2D eigenvalue weighted by atomic mass is 32.2. The summed E-state index contributed by atoms with van der Waals surface area (Å²) in [7, 11) is 2.12. The monoisotopic (exact) mass is 334 g/mol. The molecule has 0 aromatic heterocycles.